The molecule has 0 bridgehead atoms. The van der Waals surface area contributed by atoms with Gasteiger partial charge in [0.25, 0.3) is 5.91 Å². The lowest BCUT2D eigenvalue weighted by Crippen LogP contribution is -2.45. The Kier molecular flexibility index (Phi) is 6.76. The van der Waals surface area contributed by atoms with E-state index in [2.05, 4.69) is 4.74 Å². The maximum atomic E-state index is 12.8. The highest BCUT2D eigenvalue weighted by Gasteiger charge is 2.31. The number of alkyl halides is 3. The van der Waals surface area contributed by atoms with Crippen LogP contribution >= 0.6 is 0 Å². The van der Waals surface area contributed by atoms with Crippen molar-refractivity contribution >= 4 is 11.6 Å². The van der Waals surface area contributed by atoms with Gasteiger partial charge in [0.1, 0.15) is 5.75 Å². The van der Waals surface area contributed by atoms with Gasteiger partial charge in [-0.05, 0) is 35.4 Å². The van der Waals surface area contributed by atoms with E-state index < -0.39 is 12.3 Å². The van der Waals surface area contributed by atoms with Crippen molar-refractivity contribution in [3.63, 3.8) is 0 Å². The molecule has 158 valence electrons. The first-order chi connectivity index (χ1) is 13.4. The first kappa shape index (κ1) is 22.5. The molecule has 0 radical (unpaired) electrons. The number of benzene rings is 2. The van der Waals surface area contributed by atoms with E-state index in [9.17, 15) is 18.0 Å². The number of nitrogens with two attached hydrogens (primary N) is 2. The van der Waals surface area contributed by atoms with Crippen molar-refractivity contribution in [1.82, 2.24) is 5.01 Å². The Morgan fingerprint density at radius 2 is 1.66 bits per heavy atom. The van der Waals surface area contributed by atoms with Crippen molar-refractivity contribution in [2.24, 2.45) is 11.3 Å². The summed E-state index contributed by atoms with van der Waals surface area (Å²) in [4.78, 5) is 12.8. The van der Waals surface area contributed by atoms with Crippen LogP contribution < -0.4 is 16.3 Å². The molecule has 0 spiro atoms. The Balaban J connectivity index is 2.24. The van der Waals surface area contributed by atoms with Gasteiger partial charge in [0.2, 0.25) is 0 Å². The van der Waals surface area contributed by atoms with Gasteiger partial charge in [0.15, 0.2) is 0 Å². The lowest BCUT2D eigenvalue weighted by molar-refractivity contribution is -0.274. The van der Waals surface area contributed by atoms with Crippen LogP contribution in [0.3, 0.4) is 0 Å². The second-order valence-corrected chi connectivity index (χ2v) is 7.40. The van der Waals surface area contributed by atoms with E-state index in [0.29, 0.717) is 17.7 Å². The number of nitrogen functional groups attached to an aromatic ring is 1. The molecular formula is C20H24F3N3O3. The molecule has 0 saturated carbocycles. The molecule has 9 heteroatoms. The maximum absolute atomic E-state index is 12.8. The second kappa shape index (κ2) is 8.71. The van der Waals surface area contributed by atoms with Crippen LogP contribution in [-0.4, -0.2) is 37.5 Å². The lowest BCUT2D eigenvalue weighted by atomic mass is 9.94. The molecule has 2 rings (SSSR count). The van der Waals surface area contributed by atoms with Crippen molar-refractivity contribution < 1.29 is 27.4 Å². The number of halogens is 3. The van der Waals surface area contributed by atoms with Gasteiger partial charge in [-0.25, -0.2) is 5.84 Å². The summed E-state index contributed by atoms with van der Waals surface area (Å²) in [5.74, 6) is 5.15. The molecule has 0 atom stereocenters. The van der Waals surface area contributed by atoms with Crippen LogP contribution in [0.2, 0.25) is 0 Å². The number of carbonyl (C=O) groups is 1. The van der Waals surface area contributed by atoms with Gasteiger partial charge in [-0.3, -0.25) is 9.80 Å². The molecule has 0 aromatic heterocycles. The SMILES string of the molecule is COCC(C)(C)CN(N)C(=O)c1cc(-c2ccc(OC(F)(F)F)cc2)ccc1N. The minimum Gasteiger partial charge on any atom is -0.406 e. The monoisotopic (exact) mass is 411 g/mol. The molecule has 0 aliphatic rings. The van der Waals surface area contributed by atoms with Crippen LogP contribution in [0.4, 0.5) is 18.9 Å². The molecule has 2 aromatic carbocycles. The summed E-state index contributed by atoms with van der Waals surface area (Å²) in [6.07, 6.45) is -4.76. The van der Waals surface area contributed by atoms with E-state index in [1.165, 1.54) is 24.3 Å². The van der Waals surface area contributed by atoms with Crippen LogP contribution in [0.1, 0.15) is 24.2 Å². The fourth-order valence-electron chi connectivity index (χ4n) is 2.89. The summed E-state index contributed by atoms with van der Waals surface area (Å²) in [5.41, 5.74) is 7.23. The molecule has 0 heterocycles. The molecule has 29 heavy (non-hydrogen) atoms. The first-order valence-corrected chi connectivity index (χ1v) is 8.73. The highest BCUT2D eigenvalue weighted by atomic mass is 19.4. The standard InChI is InChI=1S/C20H24F3N3O3/c1-19(2,12-28-3)11-26(25)18(27)16-10-14(6-9-17(16)24)13-4-7-15(8-5-13)29-20(21,22)23/h4-10H,11-12,24-25H2,1-3H3. The first-order valence-electron chi connectivity index (χ1n) is 8.73. The summed E-state index contributed by atoms with van der Waals surface area (Å²) in [6, 6.07) is 10.1. The Morgan fingerprint density at radius 1 is 1.07 bits per heavy atom. The van der Waals surface area contributed by atoms with Crippen LogP contribution in [-0.2, 0) is 4.74 Å². The number of hydrogen-bond acceptors (Lipinski definition) is 5. The van der Waals surface area contributed by atoms with Gasteiger partial charge < -0.3 is 15.2 Å². The van der Waals surface area contributed by atoms with Crippen LogP contribution in [0.25, 0.3) is 11.1 Å². The number of anilines is 1. The van der Waals surface area contributed by atoms with Gasteiger partial charge in [0.05, 0.1) is 12.2 Å². The zero-order valence-corrected chi connectivity index (χ0v) is 16.4. The molecule has 0 saturated heterocycles. The normalized spacial score (nSPS) is 12.0. The van der Waals surface area contributed by atoms with Gasteiger partial charge in [-0.1, -0.05) is 32.0 Å². The number of hydrazine groups is 1. The zero-order valence-electron chi connectivity index (χ0n) is 16.4. The molecule has 0 aliphatic carbocycles. The van der Waals surface area contributed by atoms with E-state index in [-0.39, 0.29) is 29.0 Å². The Morgan fingerprint density at radius 3 is 2.21 bits per heavy atom. The van der Waals surface area contributed by atoms with Crippen molar-refractivity contribution in [3.8, 4) is 16.9 Å². The van der Waals surface area contributed by atoms with Crippen LogP contribution in [0.5, 0.6) is 5.75 Å². The number of rotatable bonds is 7. The topological polar surface area (TPSA) is 90.8 Å². The zero-order chi connectivity index (χ0) is 21.8. The Bertz CT molecular complexity index is 852. The summed E-state index contributed by atoms with van der Waals surface area (Å²) < 4.78 is 45.9. The molecule has 0 aliphatic heterocycles. The summed E-state index contributed by atoms with van der Waals surface area (Å²) >= 11 is 0. The third-order valence-corrected chi connectivity index (χ3v) is 4.10. The molecule has 0 fully saturated rings. The number of nitrogens with zero attached hydrogens (tertiary/aromatic N) is 1. The lowest BCUT2D eigenvalue weighted by Gasteiger charge is -2.29. The van der Waals surface area contributed by atoms with E-state index >= 15 is 0 Å². The summed E-state index contributed by atoms with van der Waals surface area (Å²) in [6.45, 7) is 4.48. The predicted octanol–water partition coefficient (Wildman–Crippen LogP) is 3.82. The smallest absolute Gasteiger partial charge is 0.406 e. The van der Waals surface area contributed by atoms with Crippen LogP contribution in [0.15, 0.2) is 42.5 Å². The van der Waals surface area contributed by atoms with Gasteiger partial charge in [-0.15, -0.1) is 13.2 Å². The largest absolute Gasteiger partial charge is 0.573 e. The molecule has 6 nitrogen and oxygen atoms in total. The highest BCUT2D eigenvalue weighted by Crippen LogP contribution is 2.29. The number of carbonyl (C=O) groups excluding carboxylic acids is 1. The molecular weight excluding hydrogens is 387 g/mol. The fourth-order valence-corrected chi connectivity index (χ4v) is 2.89. The maximum Gasteiger partial charge on any atom is 0.573 e. The number of amides is 1. The fraction of sp³-hybridized carbons (Fsp3) is 0.350. The van der Waals surface area contributed by atoms with Crippen molar-refractivity contribution in [2.75, 3.05) is 26.0 Å². The second-order valence-electron chi connectivity index (χ2n) is 7.40. The van der Waals surface area contributed by atoms with Gasteiger partial charge >= 0.3 is 6.36 Å². The van der Waals surface area contributed by atoms with E-state index in [0.717, 1.165) is 5.01 Å². The van der Waals surface area contributed by atoms with E-state index in [1.54, 1.807) is 25.3 Å². The van der Waals surface area contributed by atoms with E-state index in [1.807, 2.05) is 13.8 Å². The number of ether oxygens (including phenoxy) is 2. The third kappa shape index (κ3) is 6.37. The average molecular weight is 411 g/mol. The van der Waals surface area contributed by atoms with E-state index in [4.69, 9.17) is 16.3 Å². The molecule has 4 N–H and O–H groups in total. The number of hydrogen-bond donors (Lipinski definition) is 2. The minimum atomic E-state index is -4.76. The van der Waals surface area contributed by atoms with Crippen molar-refractivity contribution in [2.45, 2.75) is 20.2 Å². The van der Waals surface area contributed by atoms with Crippen molar-refractivity contribution in [1.29, 1.82) is 0 Å². The number of methoxy groups -OCH3 is 1. The van der Waals surface area contributed by atoms with Gasteiger partial charge in [-0.2, -0.15) is 0 Å². The molecule has 2 aromatic rings. The Labute approximate surface area is 167 Å². The van der Waals surface area contributed by atoms with Crippen LogP contribution in [0, 0.1) is 5.41 Å². The predicted molar refractivity (Wildman–Crippen MR) is 104 cm³/mol. The summed E-state index contributed by atoms with van der Waals surface area (Å²) in [7, 11) is 1.57. The third-order valence-electron chi connectivity index (χ3n) is 4.10. The summed E-state index contributed by atoms with van der Waals surface area (Å²) in [5, 5.41) is 1.08. The molecule has 0 unspecified atom stereocenters. The average Bonchev–Trinajstić information content (AvgIpc) is 2.60. The molecule has 1 amide bonds. The van der Waals surface area contributed by atoms with Crippen molar-refractivity contribution in [3.05, 3.63) is 48.0 Å². The van der Waals surface area contributed by atoms with Gasteiger partial charge in [0, 0.05) is 24.8 Å². The quantitative estimate of drug-likeness (QED) is 0.313. The minimum absolute atomic E-state index is 0.203. The highest BCUT2D eigenvalue weighted by molar-refractivity contribution is 6.00. The Hall–Kier alpha value is -2.78.